The average Bonchev–Trinajstić information content (AvgIpc) is 2.69. The molecule has 17 heavy (non-hydrogen) atoms. The van der Waals surface area contributed by atoms with Crippen molar-refractivity contribution in [2.24, 2.45) is 11.8 Å². The molecule has 2 fully saturated rings. The monoisotopic (exact) mass is 258 g/mol. The number of rotatable bonds is 4. The molecule has 1 amide bonds. The molecule has 1 unspecified atom stereocenters. The number of hydrogen-bond donors (Lipinski definition) is 0. The maximum absolute atomic E-state index is 11.7. The SMILES string of the molecule is CC1CCN(CCN2CC(CCl)CC2=O)CC1. The lowest BCUT2D eigenvalue weighted by atomic mass is 9.99. The number of carbonyl (C=O) groups excluding carboxylic acids is 1. The van der Waals surface area contributed by atoms with E-state index in [0.717, 1.165) is 25.6 Å². The van der Waals surface area contributed by atoms with Crippen LogP contribution in [0.4, 0.5) is 0 Å². The molecular weight excluding hydrogens is 236 g/mol. The zero-order valence-electron chi connectivity index (χ0n) is 10.7. The molecule has 0 aliphatic carbocycles. The van der Waals surface area contributed by atoms with Gasteiger partial charge in [-0.1, -0.05) is 6.92 Å². The molecule has 0 saturated carbocycles. The minimum Gasteiger partial charge on any atom is -0.341 e. The number of halogens is 1. The van der Waals surface area contributed by atoms with Crippen LogP contribution in [0.5, 0.6) is 0 Å². The molecule has 0 aromatic rings. The third kappa shape index (κ3) is 3.59. The highest BCUT2D eigenvalue weighted by Gasteiger charge is 2.29. The lowest BCUT2D eigenvalue weighted by Crippen LogP contribution is -2.39. The Kier molecular flexibility index (Phi) is 4.69. The van der Waals surface area contributed by atoms with Gasteiger partial charge in [0.05, 0.1) is 0 Å². The van der Waals surface area contributed by atoms with Crippen molar-refractivity contribution in [3.63, 3.8) is 0 Å². The summed E-state index contributed by atoms with van der Waals surface area (Å²) in [5, 5.41) is 0. The highest BCUT2D eigenvalue weighted by molar-refractivity contribution is 6.18. The Morgan fingerprint density at radius 2 is 2.00 bits per heavy atom. The third-order valence-electron chi connectivity index (χ3n) is 4.08. The second-order valence-electron chi connectivity index (χ2n) is 5.59. The smallest absolute Gasteiger partial charge is 0.223 e. The van der Waals surface area contributed by atoms with Crippen LogP contribution in [0.3, 0.4) is 0 Å². The van der Waals surface area contributed by atoms with Crippen molar-refractivity contribution in [3.05, 3.63) is 0 Å². The zero-order chi connectivity index (χ0) is 12.3. The lowest BCUT2D eigenvalue weighted by molar-refractivity contribution is -0.127. The van der Waals surface area contributed by atoms with Crippen molar-refractivity contribution >= 4 is 17.5 Å². The van der Waals surface area contributed by atoms with Gasteiger partial charge in [-0.2, -0.15) is 0 Å². The molecule has 0 radical (unpaired) electrons. The Balaban J connectivity index is 1.70. The number of alkyl halides is 1. The fourth-order valence-corrected chi connectivity index (χ4v) is 2.93. The summed E-state index contributed by atoms with van der Waals surface area (Å²) in [7, 11) is 0. The standard InChI is InChI=1S/C13H23ClN2O/c1-11-2-4-15(5-3-11)6-7-16-10-12(9-14)8-13(16)17/h11-12H,2-10H2,1H3. The van der Waals surface area contributed by atoms with Gasteiger partial charge in [-0.25, -0.2) is 0 Å². The van der Waals surface area contributed by atoms with Gasteiger partial charge in [-0.15, -0.1) is 11.6 Å². The van der Waals surface area contributed by atoms with E-state index >= 15 is 0 Å². The first kappa shape index (κ1) is 13.2. The normalized spacial score (nSPS) is 28.0. The molecular formula is C13H23ClN2O. The van der Waals surface area contributed by atoms with E-state index in [9.17, 15) is 4.79 Å². The van der Waals surface area contributed by atoms with Gasteiger partial charge in [0, 0.05) is 31.9 Å². The van der Waals surface area contributed by atoms with Crippen LogP contribution in [0.25, 0.3) is 0 Å². The molecule has 0 aromatic carbocycles. The molecule has 2 aliphatic heterocycles. The lowest BCUT2D eigenvalue weighted by Gasteiger charge is -2.31. The topological polar surface area (TPSA) is 23.6 Å². The Morgan fingerprint density at radius 3 is 2.59 bits per heavy atom. The summed E-state index contributed by atoms with van der Waals surface area (Å²) in [4.78, 5) is 16.2. The predicted molar refractivity (Wildman–Crippen MR) is 70.2 cm³/mol. The number of amides is 1. The highest BCUT2D eigenvalue weighted by Crippen LogP contribution is 2.20. The van der Waals surface area contributed by atoms with E-state index in [1.807, 2.05) is 4.90 Å². The second-order valence-corrected chi connectivity index (χ2v) is 5.90. The summed E-state index contributed by atoms with van der Waals surface area (Å²) >= 11 is 5.81. The summed E-state index contributed by atoms with van der Waals surface area (Å²) in [5.74, 6) is 2.16. The van der Waals surface area contributed by atoms with Crippen LogP contribution in [0.2, 0.25) is 0 Å². The van der Waals surface area contributed by atoms with Crippen molar-refractivity contribution in [2.75, 3.05) is 38.6 Å². The van der Waals surface area contributed by atoms with Crippen LogP contribution < -0.4 is 0 Å². The van der Waals surface area contributed by atoms with E-state index in [0.29, 0.717) is 24.1 Å². The number of piperidine rings is 1. The van der Waals surface area contributed by atoms with Crippen molar-refractivity contribution in [3.8, 4) is 0 Å². The van der Waals surface area contributed by atoms with Crippen molar-refractivity contribution in [1.82, 2.24) is 9.80 Å². The molecule has 3 nitrogen and oxygen atoms in total. The highest BCUT2D eigenvalue weighted by atomic mass is 35.5. The molecule has 0 bridgehead atoms. The summed E-state index contributed by atoms with van der Waals surface area (Å²) < 4.78 is 0. The van der Waals surface area contributed by atoms with E-state index in [1.54, 1.807) is 0 Å². The first-order chi connectivity index (χ1) is 8.19. The van der Waals surface area contributed by atoms with Crippen LogP contribution in [-0.2, 0) is 4.79 Å². The third-order valence-corrected chi connectivity index (χ3v) is 4.51. The van der Waals surface area contributed by atoms with Crippen molar-refractivity contribution in [1.29, 1.82) is 0 Å². The number of hydrogen-bond acceptors (Lipinski definition) is 2. The largest absolute Gasteiger partial charge is 0.341 e. The average molecular weight is 259 g/mol. The maximum atomic E-state index is 11.7. The molecule has 4 heteroatoms. The van der Waals surface area contributed by atoms with Crippen molar-refractivity contribution in [2.45, 2.75) is 26.2 Å². The Labute approximate surface area is 109 Å². The number of likely N-dealkylation sites (tertiary alicyclic amines) is 2. The number of carbonyl (C=O) groups is 1. The van der Waals surface area contributed by atoms with Gasteiger partial charge >= 0.3 is 0 Å². The molecule has 2 saturated heterocycles. The summed E-state index contributed by atoms with van der Waals surface area (Å²) in [5.41, 5.74) is 0. The van der Waals surface area contributed by atoms with E-state index in [4.69, 9.17) is 11.6 Å². The fourth-order valence-electron chi connectivity index (χ4n) is 2.72. The first-order valence-electron chi connectivity index (χ1n) is 6.75. The summed E-state index contributed by atoms with van der Waals surface area (Å²) in [6, 6.07) is 0. The van der Waals surface area contributed by atoms with Gasteiger partial charge in [0.15, 0.2) is 0 Å². The van der Waals surface area contributed by atoms with E-state index in [1.165, 1.54) is 25.9 Å². The second kappa shape index (κ2) is 6.05. The van der Waals surface area contributed by atoms with E-state index in [-0.39, 0.29) is 0 Å². The molecule has 0 aromatic heterocycles. The minimum absolute atomic E-state index is 0.293. The molecule has 1 atom stereocenters. The molecule has 2 heterocycles. The van der Waals surface area contributed by atoms with Crippen LogP contribution in [0.1, 0.15) is 26.2 Å². The summed E-state index contributed by atoms with van der Waals surface area (Å²) in [6.45, 7) is 7.51. The van der Waals surface area contributed by atoms with Gasteiger partial charge < -0.3 is 9.80 Å². The fraction of sp³-hybridized carbons (Fsp3) is 0.923. The van der Waals surface area contributed by atoms with Gasteiger partial charge in [0.25, 0.3) is 0 Å². The molecule has 2 aliphatic rings. The van der Waals surface area contributed by atoms with Crippen LogP contribution in [0.15, 0.2) is 0 Å². The van der Waals surface area contributed by atoms with Crippen molar-refractivity contribution < 1.29 is 4.79 Å². The molecule has 0 spiro atoms. The Bertz CT molecular complexity index is 264. The van der Waals surface area contributed by atoms with Crippen LogP contribution in [0, 0.1) is 11.8 Å². The van der Waals surface area contributed by atoms with E-state index in [2.05, 4.69) is 11.8 Å². The first-order valence-corrected chi connectivity index (χ1v) is 7.28. The zero-order valence-corrected chi connectivity index (χ0v) is 11.5. The molecule has 2 rings (SSSR count). The molecule has 98 valence electrons. The van der Waals surface area contributed by atoms with Gasteiger partial charge in [-0.3, -0.25) is 4.79 Å². The quantitative estimate of drug-likeness (QED) is 0.718. The summed E-state index contributed by atoms with van der Waals surface area (Å²) in [6.07, 6.45) is 3.26. The Morgan fingerprint density at radius 1 is 1.29 bits per heavy atom. The van der Waals surface area contributed by atoms with Gasteiger partial charge in [0.2, 0.25) is 5.91 Å². The van der Waals surface area contributed by atoms with Gasteiger partial charge in [0.1, 0.15) is 0 Å². The number of nitrogens with zero attached hydrogens (tertiary/aromatic N) is 2. The molecule has 0 N–H and O–H groups in total. The maximum Gasteiger partial charge on any atom is 0.223 e. The van der Waals surface area contributed by atoms with Crippen LogP contribution >= 0.6 is 11.6 Å². The van der Waals surface area contributed by atoms with E-state index < -0.39 is 0 Å². The van der Waals surface area contributed by atoms with Crippen LogP contribution in [-0.4, -0.2) is 54.3 Å². The van der Waals surface area contributed by atoms with Gasteiger partial charge in [-0.05, 0) is 37.8 Å². The Hall–Kier alpha value is -0.280. The minimum atomic E-state index is 0.293. The predicted octanol–water partition coefficient (Wildman–Crippen LogP) is 1.81.